The number of rotatable bonds is 3. The predicted octanol–water partition coefficient (Wildman–Crippen LogP) is 0.938. The van der Waals surface area contributed by atoms with Crippen LogP contribution in [0.15, 0.2) is 46.0 Å². The van der Waals surface area contributed by atoms with Crippen LogP contribution in [0.4, 0.5) is 0 Å². The van der Waals surface area contributed by atoms with E-state index in [0.29, 0.717) is 15.7 Å². The number of fused-ring (bicyclic) bond motifs is 1. The smallest absolute Gasteiger partial charge is 0.310 e. The molecule has 0 amide bonds. The first-order valence-corrected chi connectivity index (χ1v) is 5.94. The summed E-state index contributed by atoms with van der Waals surface area (Å²) in [6.45, 7) is 4.17. The maximum atomic E-state index is 12.1. The van der Waals surface area contributed by atoms with Crippen molar-refractivity contribution in [3.05, 3.63) is 56.4 Å². The van der Waals surface area contributed by atoms with E-state index in [4.69, 9.17) is 5.73 Å². The van der Waals surface area contributed by atoms with Crippen molar-refractivity contribution in [2.45, 2.75) is 6.54 Å². The van der Waals surface area contributed by atoms with Gasteiger partial charge < -0.3 is 5.73 Å². The molecule has 2 N–H and O–H groups in total. The molecule has 88 valence electrons. The van der Waals surface area contributed by atoms with E-state index in [1.54, 1.807) is 24.3 Å². The number of aromatic nitrogens is 1. The molecule has 2 rings (SSSR count). The van der Waals surface area contributed by atoms with Crippen LogP contribution in [0.1, 0.15) is 0 Å². The van der Waals surface area contributed by atoms with E-state index >= 15 is 0 Å². The molecule has 0 saturated heterocycles. The third kappa shape index (κ3) is 2.20. The molecule has 0 fully saturated rings. The zero-order valence-corrected chi connectivity index (χ0v) is 10.00. The van der Waals surface area contributed by atoms with E-state index in [2.05, 4.69) is 6.58 Å². The molecule has 0 aliphatic carbocycles. The van der Waals surface area contributed by atoms with Gasteiger partial charge in [-0.3, -0.25) is 14.2 Å². The van der Waals surface area contributed by atoms with E-state index in [1.807, 2.05) is 0 Å². The van der Waals surface area contributed by atoms with Crippen LogP contribution in [0, 0.1) is 0 Å². The lowest BCUT2D eigenvalue weighted by Crippen LogP contribution is -2.32. The summed E-state index contributed by atoms with van der Waals surface area (Å²) in [4.78, 5) is 23.6. The van der Waals surface area contributed by atoms with Crippen molar-refractivity contribution in [3.63, 3.8) is 0 Å². The molecule has 1 heterocycles. The van der Waals surface area contributed by atoms with E-state index in [-0.39, 0.29) is 23.5 Å². The summed E-state index contributed by atoms with van der Waals surface area (Å²) in [5, 5.41) is 0.557. The Kier molecular flexibility index (Phi) is 3.21. The minimum atomic E-state index is -0.279. The molecule has 0 aliphatic rings. The lowest BCUT2D eigenvalue weighted by Gasteiger charge is -2.06. The second kappa shape index (κ2) is 4.65. The van der Waals surface area contributed by atoms with Crippen LogP contribution in [-0.4, -0.2) is 11.1 Å². The van der Waals surface area contributed by atoms with Crippen molar-refractivity contribution in [2.75, 3.05) is 6.54 Å². The number of hydrogen-bond acceptors (Lipinski definition) is 4. The fraction of sp³-hybridized carbons (Fsp3) is 0.167. The standard InChI is InChI=1S/C12H12N2O2S/c1-8(6-13)7-14-11(15)9-4-2-3-5-10(9)17-12(14)16/h2-5H,1,6-7,13H2. The number of nitrogens with zero attached hydrogens (tertiary/aromatic N) is 1. The second-order valence-corrected chi connectivity index (χ2v) is 4.70. The SMILES string of the molecule is C=C(CN)Cn1c(=O)sc2ccccc2c1=O. The van der Waals surface area contributed by atoms with Gasteiger partial charge >= 0.3 is 4.87 Å². The van der Waals surface area contributed by atoms with Gasteiger partial charge in [0.2, 0.25) is 0 Å². The highest BCUT2D eigenvalue weighted by Crippen LogP contribution is 2.10. The Labute approximate surface area is 102 Å². The molecule has 0 saturated carbocycles. The van der Waals surface area contributed by atoms with Gasteiger partial charge in [0.15, 0.2) is 0 Å². The summed E-state index contributed by atoms with van der Waals surface area (Å²) in [5.41, 5.74) is 5.80. The van der Waals surface area contributed by atoms with E-state index < -0.39 is 0 Å². The molecule has 0 radical (unpaired) electrons. The van der Waals surface area contributed by atoms with Crippen LogP contribution in [0.3, 0.4) is 0 Å². The van der Waals surface area contributed by atoms with Crippen LogP contribution < -0.4 is 16.2 Å². The summed E-state index contributed by atoms with van der Waals surface area (Å²) in [6.07, 6.45) is 0. The second-order valence-electron chi connectivity index (χ2n) is 3.71. The third-order valence-electron chi connectivity index (χ3n) is 2.45. The molecule has 1 aromatic heterocycles. The maximum Gasteiger partial charge on any atom is 0.310 e. The first-order valence-electron chi connectivity index (χ1n) is 5.13. The Morgan fingerprint density at radius 1 is 1.35 bits per heavy atom. The van der Waals surface area contributed by atoms with E-state index in [9.17, 15) is 9.59 Å². The van der Waals surface area contributed by atoms with E-state index in [1.165, 1.54) is 4.57 Å². The van der Waals surface area contributed by atoms with Crippen LogP contribution in [-0.2, 0) is 6.54 Å². The number of hydrogen-bond donors (Lipinski definition) is 1. The minimum Gasteiger partial charge on any atom is -0.327 e. The highest BCUT2D eigenvalue weighted by molar-refractivity contribution is 7.16. The molecule has 0 unspecified atom stereocenters. The lowest BCUT2D eigenvalue weighted by atomic mass is 10.2. The topological polar surface area (TPSA) is 65.1 Å². The molecule has 0 bridgehead atoms. The largest absolute Gasteiger partial charge is 0.327 e. The zero-order valence-electron chi connectivity index (χ0n) is 9.18. The van der Waals surface area contributed by atoms with Gasteiger partial charge in [-0.2, -0.15) is 0 Å². The van der Waals surface area contributed by atoms with Gasteiger partial charge in [0, 0.05) is 11.2 Å². The average Bonchev–Trinajstić information content (AvgIpc) is 2.34. The lowest BCUT2D eigenvalue weighted by molar-refractivity contribution is 0.729. The van der Waals surface area contributed by atoms with Crippen molar-refractivity contribution in [1.82, 2.24) is 4.57 Å². The Morgan fingerprint density at radius 3 is 2.76 bits per heavy atom. The van der Waals surface area contributed by atoms with Crippen molar-refractivity contribution in [1.29, 1.82) is 0 Å². The molecule has 17 heavy (non-hydrogen) atoms. The highest BCUT2D eigenvalue weighted by Gasteiger charge is 2.07. The van der Waals surface area contributed by atoms with Crippen LogP contribution >= 0.6 is 11.3 Å². The van der Waals surface area contributed by atoms with Gasteiger partial charge in [-0.1, -0.05) is 30.0 Å². The monoisotopic (exact) mass is 248 g/mol. The highest BCUT2D eigenvalue weighted by atomic mass is 32.1. The fourth-order valence-electron chi connectivity index (χ4n) is 1.53. The summed E-state index contributed by atoms with van der Waals surface area (Å²) in [7, 11) is 0. The van der Waals surface area contributed by atoms with Crippen molar-refractivity contribution < 1.29 is 0 Å². The summed E-state index contributed by atoms with van der Waals surface area (Å²) in [6, 6.07) is 7.07. The van der Waals surface area contributed by atoms with Crippen LogP contribution in [0.2, 0.25) is 0 Å². The van der Waals surface area contributed by atoms with Gasteiger partial charge in [0.25, 0.3) is 5.56 Å². The average molecular weight is 248 g/mol. The third-order valence-corrected chi connectivity index (χ3v) is 3.42. The van der Waals surface area contributed by atoms with Crippen LogP contribution in [0.25, 0.3) is 10.1 Å². The van der Waals surface area contributed by atoms with Gasteiger partial charge in [-0.05, 0) is 17.7 Å². The fourth-order valence-corrected chi connectivity index (χ4v) is 2.39. The van der Waals surface area contributed by atoms with Crippen molar-refractivity contribution in [2.24, 2.45) is 5.73 Å². The molecule has 5 heteroatoms. The molecule has 4 nitrogen and oxygen atoms in total. The molecule has 0 spiro atoms. The first-order chi connectivity index (χ1) is 8.13. The van der Waals surface area contributed by atoms with E-state index in [0.717, 1.165) is 11.3 Å². The Balaban J connectivity index is 2.68. The summed E-state index contributed by atoms with van der Waals surface area (Å²) in [5.74, 6) is 0. The Bertz CT molecular complexity index is 685. The molecular formula is C12H12N2O2S. The van der Waals surface area contributed by atoms with Crippen molar-refractivity contribution in [3.8, 4) is 0 Å². The first kappa shape index (κ1) is 11.8. The predicted molar refractivity (Wildman–Crippen MR) is 70.5 cm³/mol. The Hall–Kier alpha value is -1.72. The van der Waals surface area contributed by atoms with Gasteiger partial charge in [-0.25, -0.2) is 0 Å². The maximum absolute atomic E-state index is 12.1. The zero-order chi connectivity index (χ0) is 12.4. The Morgan fingerprint density at radius 2 is 2.06 bits per heavy atom. The normalized spacial score (nSPS) is 10.6. The number of benzene rings is 1. The van der Waals surface area contributed by atoms with Crippen LogP contribution in [0.5, 0.6) is 0 Å². The molecule has 1 aromatic carbocycles. The molecule has 0 atom stereocenters. The summed E-state index contributed by atoms with van der Waals surface area (Å²) >= 11 is 1.06. The quantitative estimate of drug-likeness (QED) is 0.822. The molecule has 2 aromatic rings. The van der Waals surface area contributed by atoms with Gasteiger partial charge in [0.1, 0.15) is 0 Å². The van der Waals surface area contributed by atoms with Gasteiger partial charge in [-0.15, -0.1) is 0 Å². The number of nitrogens with two attached hydrogens (primary N) is 1. The summed E-state index contributed by atoms with van der Waals surface area (Å²) < 4.78 is 1.89. The van der Waals surface area contributed by atoms with Gasteiger partial charge in [0.05, 0.1) is 11.9 Å². The minimum absolute atomic E-state index is 0.190. The molecule has 0 aliphatic heterocycles. The van der Waals surface area contributed by atoms with Crippen molar-refractivity contribution >= 4 is 21.4 Å². The molecular weight excluding hydrogens is 236 g/mol.